The zero-order chi connectivity index (χ0) is 19.0. The van der Waals surface area contributed by atoms with Crippen molar-refractivity contribution >= 4 is 28.8 Å². The van der Waals surface area contributed by atoms with Crippen LogP contribution in [0.2, 0.25) is 0 Å². The fourth-order valence-corrected chi connectivity index (χ4v) is 4.25. The highest BCUT2D eigenvalue weighted by atomic mass is 32.1. The largest absolute Gasteiger partial charge is 0.511 e. The molecule has 0 saturated carbocycles. The van der Waals surface area contributed by atoms with E-state index >= 15 is 0 Å². The summed E-state index contributed by atoms with van der Waals surface area (Å²) in [6, 6.07) is 0. The van der Waals surface area contributed by atoms with E-state index in [1.165, 1.54) is 0 Å². The number of nitrogens with two attached hydrogens (primary N) is 1. The second-order valence-electron chi connectivity index (χ2n) is 6.78. The molecule has 0 bridgehead atoms. The highest BCUT2D eigenvalue weighted by Crippen LogP contribution is 2.40. The SMILES string of the molecule is CCC(=O)C1=C(O)CC(c2c(C)c(C)c(C)c(C(N)=S)c2C)CC1=O. The number of carbonyl (C=O) groups excluding carboxylic acids is 2. The average Bonchev–Trinajstić information content (AvgIpc) is 2.51. The van der Waals surface area contributed by atoms with Crippen LogP contribution in [0, 0.1) is 27.7 Å². The number of allylic oxidation sites excluding steroid dienone is 2. The maximum absolute atomic E-state index is 12.5. The van der Waals surface area contributed by atoms with Crippen LogP contribution < -0.4 is 5.73 Å². The smallest absolute Gasteiger partial charge is 0.170 e. The quantitative estimate of drug-likeness (QED) is 0.631. The molecule has 1 aromatic rings. The predicted octanol–water partition coefficient (Wildman–Crippen LogP) is 3.79. The van der Waals surface area contributed by atoms with Crippen molar-refractivity contribution in [2.75, 3.05) is 0 Å². The predicted molar refractivity (Wildman–Crippen MR) is 103 cm³/mol. The molecule has 0 radical (unpaired) electrons. The molecule has 0 aromatic heterocycles. The fraction of sp³-hybridized carbons (Fsp3) is 0.450. The Morgan fingerprint density at radius 3 is 2.20 bits per heavy atom. The number of benzene rings is 1. The Kier molecular flexibility index (Phi) is 5.47. The first-order chi connectivity index (χ1) is 11.6. The van der Waals surface area contributed by atoms with Crippen molar-refractivity contribution < 1.29 is 14.7 Å². The normalized spacial score (nSPS) is 17.8. The summed E-state index contributed by atoms with van der Waals surface area (Å²) in [4.78, 5) is 24.8. The molecule has 2 rings (SSSR count). The minimum atomic E-state index is -0.293. The lowest BCUT2D eigenvalue weighted by Crippen LogP contribution is -2.25. The summed E-state index contributed by atoms with van der Waals surface area (Å²) in [5, 5.41) is 10.3. The molecule has 0 aliphatic heterocycles. The molecule has 0 heterocycles. The van der Waals surface area contributed by atoms with Crippen molar-refractivity contribution in [2.45, 2.75) is 59.8 Å². The summed E-state index contributed by atoms with van der Waals surface area (Å²) in [5.41, 5.74) is 12.0. The first kappa shape index (κ1) is 19.3. The van der Waals surface area contributed by atoms with E-state index in [1.54, 1.807) is 6.92 Å². The van der Waals surface area contributed by atoms with Gasteiger partial charge in [-0.25, -0.2) is 0 Å². The van der Waals surface area contributed by atoms with E-state index < -0.39 is 0 Å². The van der Waals surface area contributed by atoms with E-state index in [0.29, 0.717) is 4.99 Å². The fourth-order valence-electron chi connectivity index (χ4n) is 3.94. The Morgan fingerprint density at radius 2 is 1.72 bits per heavy atom. The maximum Gasteiger partial charge on any atom is 0.170 e. The van der Waals surface area contributed by atoms with Gasteiger partial charge in [-0.05, 0) is 61.4 Å². The van der Waals surface area contributed by atoms with Crippen molar-refractivity contribution in [2.24, 2.45) is 5.73 Å². The lowest BCUT2D eigenvalue weighted by molar-refractivity contribution is -0.122. The molecule has 0 saturated heterocycles. The van der Waals surface area contributed by atoms with Gasteiger partial charge in [0, 0.05) is 24.8 Å². The first-order valence-corrected chi connectivity index (χ1v) is 8.91. The molecule has 1 aliphatic rings. The van der Waals surface area contributed by atoms with Crippen LogP contribution in [0.3, 0.4) is 0 Å². The number of rotatable bonds is 4. The number of aliphatic hydroxyl groups is 1. The van der Waals surface area contributed by atoms with Gasteiger partial charge in [-0.15, -0.1) is 0 Å². The molecule has 5 heteroatoms. The summed E-state index contributed by atoms with van der Waals surface area (Å²) < 4.78 is 0. The summed E-state index contributed by atoms with van der Waals surface area (Å²) >= 11 is 5.22. The first-order valence-electron chi connectivity index (χ1n) is 8.50. The monoisotopic (exact) mass is 359 g/mol. The van der Waals surface area contributed by atoms with Crippen molar-refractivity contribution in [1.82, 2.24) is 0 Å². The van der Waals surface area contributed by atoms with Gasteiger partial charge >= 0.3 is 0 Å². The van der Waals surface area contributed by atoms with Gasteiger partial charge in [-0.1, -0.05) is 19.1 Å². The number of aliphatic hydroxyl groups excluding tert-OH is 1. The van der Waals surface area contributed by atoms with Gasteiger partial charge < -0.3 is 10.8 Å². The zero-order valence-electron chi connectivity index (χ0n) is 15.4. The Labute approximate surface area is 154 Å². The number of Topliss-reactive ketones (excluding diaryl/α,β-unsaturated/α-hetero) is 2. The van der Waals surface area contributed by atoms with Crippen molar-refractivity contribution in [3.8, 4) is 0 Å². The lowest BCUT2D eigenvalue weighted by atomic mass is 9.75. The second-order valence-corrected chi connectivity index (χ2v) is 7.22. The Hall–Kier alpha value is -2.01. The Bertz CT molecular complexity index is 821. The second kappa shape index (κ2) is 7.08. The number of ketones is 2. The van der Waals surface area contributed by atoms with Gasteiger partial charge in [0.05, 0.1) is 5.57 Å². The molecule has 25 heavy (non-hydrogen) atoms. The van der Waals surface area contributed by atoms with Crippen molar-refractivity contribution in [3.63, 3.8) is 0 Å². The third kappa shape index (κ3) is 3.25. The molecule has 1 atom stereocenters. The van der Waals surface area contributed by atoms with Crippen LogP contribution in [0.1, 0.15) is 65.5 Å². The molecule has 1 unspecified atom stereocenters. The van der Waals surface area contributed by atoms with Crippen LogP contribution in [0.4, 0.5) is 0 Å². The summed E-state index contributed by atoms with van der Waals surface area (Å²) in [6.07, 6.45) is 0.711. The molecular formula is C20H25NO3S. The van der Waals surface area contributed by atoms with Crippen molar-refractivity contribution in [3.05, 3.63) is 44.7 Å². The minimum Gasteiger partial charge on any atom is -0.511 e. The van der Waals surface area contributed by atoms with Gasteiger partial charge in [0.15, 0.2) is 11.6 Å². The third-order valence-electron chi connectivity index (χ3n) is 5.38. The highest BCUT2D eigenvalue weighted by Gasteiger charge is 2.34. The highest BCUT2D eigenvalue weighted by molar-refractivity contribution is 7.80. The number of thiocarbonyl (C=S) groups is 1. The van der Waals surface area contributed by atoms with Crippen molar-refractivity contribution in [1.29, 1.82) is 0 Å². The van der Waals surface area contributed by atoms with E-state index in [-0.39, 0.29) is 48.1 Å². The van der Waals surface area contributed by atoms with Crippen LogP contribution in [0.25, 0.3) is 0 Å². The van der Waals surface area contributed by atoms with E-state index in [0.717, 1.165) is 33.4 Å². The van der Waals surface area contributed by atoms with Crippen LogP contribution in [-0.2, 0) is 9.59 Å². The number of carbonyl (C=O) groups is 2. The average molecular weight is 359 g/mol. The molecule has 0 spiro atoms. The Balaban J connectivity index is 2.62. The molecule has 0 amide bonds. The Morgan fingerprint density at radius 1 is 1.12 bits per heavy atom. The summed E-state index contributed by atoms with van der Waals surface area (Å²) in [6.45, 7) is 9.68. The molecular weight excluding hydrogens is 334 g/mol. The molecule has 4 nitrogen and oxygen atoms in total. The maximum atomic E-state index is 12.5. The third-order valence-corrected chi connectivity index (χ3v) is 5.58. The number of hydrogen-bond acceptors (Lipinski definition) is 4. The van der Waals surface area contributed by atoms with Crippen LogP contribution in [0.5, 0.6) is 0 Å². The van der Waals surface area contributed by atoms with Gasteiger partial charge in [-0.2, -0.15) is 0 Å². The van der Waals surface area contributed by atoms with Crippen LogP contribution >= 0.6 is 12.2 Å². The summed E-state index contributed by atoms with van der Waals surface area (Å²) in [5.74, 6) is -0.844. The van der Waals surface area contributed by atoms with E-state index in [9.17, 15) is 14.7 Å². The zero-order valence-corrected chi connectivity index (χ0v) is 16.3. The molecule has 1 aliphatic carbocycles. The van der Waals surface area contributed by atoms with Gasteiger partial charge in [-0.3, -0.25) is 9.59 Å². The lowest BCUT2D eigenvalue weighted by Gasteiger charge is -2.29. The van der Waals surface area contributed by atoms with E-state index in [2.05, 4.69) is 0 Å². The van der Waals surface area contributed by atoms with E-state index in [4.69, 9.17) is 18.0 Å². The van der Waals surface area contributed by atoms with Gasteiger partial charge in [0.1, 0.15) is 10.7 Å². The molecule has 134 valence electrons. The minimum absolute atomic E-state index is 0.0209. The van der Waals surface area contributed by atoms with Gasteiger partial charge in [0.2, 0.25) is 0 Å². The molecule has 3 N–H and O–H groups in total. The molecule has 1 aromatic carbocycles. The standard InChI is InChI=1S/C20H25NO3S/c1-6-14(22)19-15(23)7-13(8-16(19)24)17-10(3)9(2)11(4)18(12(17)5)20(21)25/h13,23H,6-8H2,1-5H3,(H2,21,25). The molecule has 0 fully saturated rings. The topological polar surface area (TPSA) is 80.4 Å². The van der Waals surface area contributed by atoms with E-state index in [1.807, 2.05) is 27.7 Å². The summed E-state index contributed by atoms with van der Waals surface area (Å²) in [7, 11) is 0. The number of hydrogen-bond donors (Lipinski definition) is 2. The van der Waals surface area contributed by atoms with Crippen LogP contribution in [-0.4, -0.2) is 21.7 Å². The van der Waals surface area contributed by atoms with Crippen LogP contribution in [0.15, 0.2) is 11.3 Å². The van der Waals surface area contributed by atoms with Gasteiger partial charge in [0.25, 0.3) is 0 Å².